The van der Waals surface area contributed by atoms with E-state index in [2.05, 4.69) is 26.2 Å². The summed E-state index contributed by atoms with van der Waals surface area (Å²) in [5.41, 5.74) is 0.985. The lowest BCUT2D eigenvalue weighted by molar-refractivity contribution is -0.385. The zero-order chi connectivity index (χ0) is 15.4. The third kappa shape index (κ3) is 3.76. The number of carboxylic acids is 1. The summed E-state index contributed by atoms with van der Waals surface area (Å²) in [6.45, 7) is 0.420. The Morgan fingerprint density at radius 1 is 1.38 bits per heavy atom. The van der Waals surface area contributed by atoms with Crippen molar-refractivity contribution in [1.82, 2.24) is 4.98 Å². The minimum absolute atomic E-state index is 0.0989. The Balaban J connectivity index is 2.06. The van der Waals surface area contributed by atoms with E-state index in [1.807, 2.05) is 0 Å². The van der Waals surface area contributed by atoms with Crippen LogP contribution < -0.4 is 5.32 Å². The normalized spacial score (nSPS) is 10.1. The van der Waals surface area contributed by atoms with Crippen LogP contribution in [0.5, 0.6) is 0 Å². The average Bonchev–Trinajstić information content (AvgIpc) is 2.46. The van der Waals surface area contributed by atoms with Crippen LogP contribution in [0.25, 0.3) is 0 Å². The highest BCUT2D eigenvalue weighted by Crippen LogP contribution is 2.24. The first-order chi connectivity index (χ1) is 9.97. The van der Waals surface area contributed by atoms with Crippen molar-refractivity contribution in [1.29, 1.82) is 0 Å². The van der Waals surface area contributed by atoms with E-state index in [1.54, 1.807) is 12.1 Å². The third-order valence-electron chi connectivity index (χ3n) is 2.70. The molecule has 7 nitrogen and oxygen atoms in total. The SMILES string of the molecule is O=C(O)c1ccc(CNc2ncc([N+](=O)[O-])cc2Br)cc1. The molecule has 0 saturated carbocycles. The Morgan fingerprint density at radius 2 is 2.05 bits per heavy atom. The highest BCUT2D eigenvalue weighted by Gasteiger charge is 2.10. The van der Waals surface area contributed by atoms with E-state index < -0.39 is 10.9 Å². The molecule has 0 bridgehead atoms. The van der Waals surface area contributed by atoms with Crippen LogP contribution in [0.4, 0.5) is 11.5 Å². The number of halogens is 1. The van der Waals surface area contributed by atoms with Crippen LogP contribution in [0.15, 0.2) is 41.0 Å². The van der Waals surface area contributed by atoms with Crippen molar-refractivity contribution in [3.8, 4) is 0 Å². The summed E-state index contributed by atoms with van der Waals surface area (Å²) < 4.78 is 0.485. The number of nitrogens with one attached hydrogen (secondary N) is 1. The van der Waals surface area contributed by atoms with E-state index in [0.29, 0.717) is 16.8 Å². The molecule has 0 aliphatic heterocycles. The number of rotatable bonds is 5. The quantitative estimate of drug-likeness (QED) is 0.633. The van der Waals surface area contributed by atoms with Gasteiger partial charge in [0, 0.05) is 12.6 Å². The second kappa shape index (κ2) is 6.31. The van der Waals surface area contributed by atoms with Crippen LogP contribution in [0.2, 0.25) is 0 Å². The average molecular weight is 352 g/mol. The van der Waals surface area contributed by atoms with Gasteiger partial charge in [0.1, 0.15) is 12.0 Å². The van der Waals surface area contributed by atoms with Crippen LogP contribution >= 0.6 is 15.9 Å². The number of carboxylic acid groups (broad SMARTS) is 1. The molecule has 8 heteroatoms. The maximum Gasteiger partial charge on any atom is 0.335 e. The fourth-order valence-electron chi connectivity index (χ4n) is 1.61. The zero-order valence-electron chi connectivity index (χ0n) is 10.6. The Kier molecular flexibility index (Phi) is 4.49. The number of aromatic nitrogens is 1. The van der Waals surface area contributed by atoms with Crippen LogP contribution in [0.3, 0.4) is 0 Å². The number of benzene rings is 1. The Morgan fingerprint density at radius 3 is 2.57 bits per heavy atom. The van der Waals surface area contributed by atoms with E-state index in [1.165, 1.54) is 24.4 Å². The fraction of sp³-hybridized carbons (Fsp3) is 0.0769. The van der Waals surface area contributed by atoms with Gasteiger partial charge in [0.15, 0.2) is 0 Å². The number of nitrogens with zero attached hydrogens (tertiary/aromatic N) is 2. The predicted octanol–water partition coefficient (Wildman–Crippen LogP) is 3.06. The molecule has 0 fully saturated rings. The molecule has 0 radical (unpaired) electrons. The lowest BCUT2D eigenvalue weighted by atomic mass is 10.1. The highest BCUT2D eigenvalue weighted by molar-refractivity contribution is 9.10. The van der Waals surface area contributed by atoms with Crippen molar-refractivity contribution in [2.45, 2.75) is 6.54 Å². The summed E-state index contributed by atoms with van der Waals surface area (Å²) in [7, 11) is 0. The Bertz CT molecular complexity index is 688. The number of hydrogen-bond donors (Lipinski definition) is 2. The molecular formula is C13H10BrN3O4. The minimum Gasteiger partial charge on any atom is -0.478 e. The Labute approximate surface area is 127 Å². The van der Waals surface area contributed by atoms with Gasteiger partial charge in [-0.15, -0.1) is 0 Å². The molecule has 0 spiro atoms. The second-order valence-electron chi connectivity index (χ2n) is 4.14. The largest absolute Gasteiger partial charge is 0.478 e. The molecule has 108 valence electrons. The molecule has 2 aromatic rings. The second-order valence-corrected chi connectivity index (χ2v) is 4.99. The molecule has 1 aromatic heterocycles. The van der Waals surface area contributed by atoms with E-state index >= 15 is 0 Å². The molecule has 0 aliphatic carbocycles. The molecule has 0 aliphatic rings. The van der Waals surface area contributed by atoms with Crippen LogP contribution in [0, 0.1) is 10.1 Å². The molecule has 2 N–H and O–H groups in total. The zero-order valence-corrected chi connectivity index (χ0v) is 12.2. The van der Waals surface area contributed by atoms with Crippen molar-refractivity contribution < 1.29 is 14.8 Å². The van der Waals surface area contributed by atoms with Gasteiger partial charge in [-0.2, -0.15) is 0 Å². The van der Waals surface area contributed by atoms with Crippen LogP contribution in [-0.2, 0) is 6.54 Å². The maximum absolute atomic E-state index is 10.7. The van der Waals surface area contributed by atoms with Crippen LogP contribution in [-0.4, -0.2) is 21.0 Å². The van der Waals surface area contributed by atoms with Crippen molar-refractivity contribution in [2.75, 3.05) is 5.32 Å². The van der Waals surface area contributed by atoms with Gasteiger partial charge in [0.25, 0.3) is 5.69 Å². The lowest BCUT2D eigenvalue weighted by Crippen LogP contribution is -2.03. The summed E-state index contributed by atoms with van der Waals surface area (Å²) in [5, 5.41) is 22.4. The van der Waals surface area contributed by atoms with E-state index in [9.17, 15) is 14.9 Å². The first-order valence-electron chi connectivity index (χ1n) is 5.83. The van der Waals surface area contributed by atoms with Crippen molar-refractivity contribution in [3.63, 3.8) is 0 Å². The summed E-state index contributed by atoms with van der Waals surface area (Å²) in [4.78, 5) is 24.8. The molecular weight excluding hydrogens is 342 g/mol. The van der Waals surface area contributed by atoms with Gasteiger partial charge < -0.3 is 10.4 Å². The molecule has 21 heavy (non-hydrogen) atoms. The number of carbonyl (C=O) groups is 1. The van der Waals surface area contributed by atoms with Crippen molar-refractivity contribution in [3.05, 3.63) is 62.2 Å². The Hall–Kier alpha value is -2.48. The summed E-state index contributed by atoms with van der Waals surface area (Å²) in [5.74, 6) is -0.503. The third-order valence-corrected chi connectivity index (χ3v) is 3.30. The number of anilines is 1. The summed E-state index contributed by atoms with van der Waals surface area (Å²) in [6.07, 6.45) is 1.17. The van der Waals surface area contributed by atoms with Crippen molar-refractivity contribution >= 4 is 33.4 Å². The molecule has 1 heterocycles. The molecule has 1 aromatic carbocycles. The van der Waals surface area contributed by atoms with Gasteiger partial charge >= 0.3 is 5.97 Å². The molecule has 0 unspecified atom stereocenters. The van der Waals surface area contributed by atoms with Gasteiger partial charge in [-0.25, -0.2) is 9.78 Å². The van der Waals surface area contributed by atoms with Crippen LogP contribution in [0.1, 0.15) is 15.9 Å². The monoisotopic (exact) mass is 351 g/mol. The van der Waals surface area contributed by atoms with Gasteiger partial charge in [0.2, 0.25) is 0 Å². The number of pyridine rings is 1. The lowest BCUT2D eigenvalue weighted by Gasteiger charge is -2.07. The smallest absolute Gasteiger partial charge is 0.335 e. The summed E-state index contributed by atoms with van der Waals surface area (Å²) in [6, 6.07) is 7.77. The van der Waals surface area contributed by atoms with E-state index in [0.717, 1.165) is 5.56 Å². The minimum atomic E-state index is -0.978. The molecule has 2 rings (SSSR count). The fourth-order valence-corrected chi connectivity index (χ4v) is 2.09. The standard InChI is InChI=1S/C13H10BrN3O4/c14-11-5-10(17(20)21)7-16-12(11)15-6-8-1-3-9(4-2-8)13(18)19/h1-5,7H,6H2,(H,15,16)(H,18,19). The molecule has 0 amide bonds. The van der Waals surface area contributed by atoms with Gasteiger partial charge in [0.05, 0.1) is 15.0 Å². The predicted molar refractivity (Wildman–Crippen MR) is 79.3 cm³/mol. The van der Waals surface area contributed by atoms with Crippen molar-refractivity contribution in [2.24, 2.45) is 0 Å². The molecule has 0 saturated heterocycles. The number of aromatic carboxylic acids is 1. The first-order valence-corrected chi connectivity index (χ1v) is 6.62. The van der Waals surface area contributed by atoms with Gasteiger partial charge in [-0.05, 0) is 33.6 Å². The van der Waals surface area contributed by atoms with E-state index in [4.69, 9.17) is 5.11 Å². The van der Waals surface area contributed by atoms with Gasteiger partial charge in [-0.3, -0.25) is 10.1 Å². The highest BCUT2D eigenvalue weighted by atomic mass is 79.9. The maximum atomic E-state index is 10.7. The number of nitro groups is 1. The van der Waals surface area contributed by atoms with E-state index in [-0.39, 0.29) is 11.3 Å². The first kappa shape index (κ1) is 14.9. The molecule has 0 atom stereocenters. The number of hydrogen-bond acceptors (Lipinski definition) is 5. The summed E-state index contributed by atoms with van der Waals surface area (Å²) >= 11 is 3.21. The van der Waals surface area contributed by atoms with Gasteiger partial charge in [-0.1, -0.05) is 12.1 Å². The topological polar surface area (TPSA) is 105 Å².